The van der Waals surface area contributed by atoms with Crippen LogP contribution in [0.3, 0.4) is 0 Å². The van der Waals surface area contributed by atoms with Crippen LogP contribution >= 0.6 is 0 Å². The fraction of sp³-hybridized carbons (Fsp3) is 0.312. The first-order valence-electron chi connectivity index (χ1n) is 7.09. The average Bonchev–Trinajstić information content (AvgIpc) is 3.03. The minimum Gasteiger partial charge on any atom is -0.493 e. The minimum atomic E-state index is -0.228. The number of amides is 1. The van der Waals surface area contributed by atoms with E-state index in [1.807, 2.05) is 0 Å². The Morgan fingerprint density at radius 2 is 1.95 bits per heavy atom. The van der Waals surface area contributed by atoms with Crippen LogP contribution in [0.5, 0.6) is 11.5 Å². The molecule has 1 N–H and O–H groups in total. The van der Waals surface area contributed by atoms with Gasteiger partial charge in [0.15, 0.2) is 11.5 Å². The molecule has 0 spiro atoms. The summed E-state index contributed by atoms with van der Waals surface area (Å²) in [6, 6.07) is 5.05. The lowest BCUT2D eigenvalue weighted by Gasteiger charge is -2.11. The summed E-state index contributed by atoms with van der Waals surface area (Å²) in [5.41, 5.74) is 2.55. The molecule has 6 heteroatoms. The van der Waals surface area contributed by atoms with Crippen LogP contribution in [0, 0.1) is 0 Å². The fourth-order valence-electron chi connectivity index (χ4n) is 2.62. The molecule has 1 amide bonds. The minimum absolute atomic E-state index is 0.228. The second-order valence-electron chi connectivity index (χ2n) is 5.02. The maximum absolute atomic E-state index is 12.4. The summed E-state index contributed by atoms with van der Waals surface area (Å²) >= 11 is 0. The summed E-state index contributed by atoms with van der Waals surface area (Å²) in [7, 11) is 3.10. The molecular weight excluding hydrogens is 282 g/mol. The van der Waals surface area contributed by atoms with Gasteiger partial charge >= 0.3 is 0 Å². The number of carbonyl (C=O) groups excluding carboxylic acids is 1. The van der Waals surface area contributed by atoms with Crippen molar-refractivity contribution in [2.24, 2.45) is 0 Å². The molecule has 22 heavy (non-hydrogen) atoms. The molecule has 0 unspecified atom stereocenters. The number of aromatic nitrogens is 2. The van der Waals surface area contributed by atoms with Crippen molar-refractivity contribution >= 4 is 11.7 Å². The highest BCUT2D eigenvalue weighted by molar-refractivity contribution is 6.04. The van der Waals surface area contributed by atoms with Gasteiger partial charge in [-0.1, -0.05) is 0 Å². The van der Waals surface area contributed by atoms with E-state index in [-0.39, 0.29) is 5.91 Å². The van der Waals surface area contributed by atoms with E-state index in [4.69, 9.17) is 9.47 Å². The Kier molecular flexibility index (Phi) is 3.91. The molecule has 1 heterocycles. The predicted octanol–water partition coefficient (Wildman–Crippen LogP) is 2.23. The van der Waals surface area contributed by atoms with Gasteiger partial charge in [-0.05, 0) is 37.5 Å². The number of hydrogen-bond donors (Lipinski definition) is 1. The Bertz CT molecular complexity index is 716. The zero-order valence-electron chi connectivity index (χ0n) is 12.5. The number of nitrogens with zero attached hydrogens (tertiary/aromatic N) is 2. The van der Waals surface area contributed by atoms with Crippen LogP contribution in [-0.2, 0) is 12.8 Å². The standard InChI is InChI=1S/C16H17N3O3/c1-21-13-7-6-10(8-14(13)22-2)16(20)19-15-11-4-3-5-12(11)17-9-18-15/h6-9H,3-5H2,1-2H3,(H,17,18,19,20). The van der Waals surface area contributed by atoms with Crippen molar-refractivity contribution in [2.45, 2.75) is 19.3 Å². The number of hydrogen-bond acceptors (Lipinski definition) is 5. The third-order valence-electron chi connectivity index (χ3n) is 3.75. The molecule has 0 saturated heterocycles. The Morgan fingerprint density at radius 3 is 2.73 bits per heavy atom. The Morgan fingerprint density at radius 1 is 1.14 bits per heavy atom. The van der Waals surface area contributed by atoms with Crippen LogP contribution in [0.25, 0.3) is 0 Å². The van der Waals surface area contributed by atoms with Crippen molar-refractivity contribution < 1.29 is 14.3 Å². The third-order valence-corrected chi connectivity index (χ3v) is 3.75. The van der Waals surface area contributed by atoms with E-state index in [1.54, 1.807) is 25.3 Å². The van der Waals surface area contributed by atoms with E-state index >= 15 is 0 Å². The fourth-order valence-corrected chi connectivity index (χ4v) is 2.62. The number of ether oxygens (including phenoxy) is 2. The highest BCUT2D eigenvalue weighted by atomic mass is 16.5. The van der Waals surface area contributed by atoms with Gasteiger partial charge < -0.3 is 14.8 Å². The highest BCUT2D eigenvalue weighted by Gasteiger charge is 2.19. The molecule has 0 saturated carbocycles. The van der Waals surface area contributed by atoms with Crippen LogP contribution in [0.4, 0.5) is 5.82 Å². The van der Waals surface area contributed by atoms with E-state index in [0.717, 1.165) is 30.5 Å². The number of carbonyl (C=O) groups is 1. The third kappa shape index (κ3) is 2.59. The molecule has 0 atom stereocenters. The molecule has 1 aliphatic carbocycles. The SMILES string of the molecule is COc1ccc(C(=O)Nc2ncnc3c2CCC3)cc1OC. The molecule has 3 rings (SSSR count). The summed E-state index contributed by atoms with van der Waals surface area (Å²) in [5.74, 6) is 1.47. The molecule has 0 radical (unpaired) electrons. The molecule has 114 valence electrons. The van der Waals surface area contributed by atoms with E-state index in [1.165, 1.54) is 13.4 Å². The zero-order valence-corrected chi connectivity index (χ0v) is 12.5. The van der Waals surface area contributed by atoms with E-state index in [2.05, 4.69) is 15.3 Å². The zero-order chi connectivity index (χ0) is 15.5. The maximum atomic E-state index is 12.4. The van der Waals surface area contributed by atoms with Crippen LogP contribution in [0.2, 0.25) is 0 Å². The Balaban J connectivity index is 1.85. The van der Waals surface area contributed by atoms with Gasteiger partial charge in [-0.15, -0.1) is 0 Å². The highest BCUT2D eigenvalue weighted by Crippen LogP contribution is 2.29. The normalized spacial score (nSPS) is 12.6. The van der Waals surface area contributed by atoms with Gasteiger partial charge in [0.1, 0.15) is 12.1 Å². The van der Waals surface area contributed by atoms with Crippen molar-refractivity contribution in [1.29, 1.82) is 0 Å². The van der Waals surface area contributed by atoms with Gasteiger partial charge in [-0.3, -0.25) is 4.79 Å². The largest absolute Gasteiger partial charge is 0.493 e. The molecule has 1 aromatic carbocycles. The molecule has 0 bridgehead atoms. The van der Waals surface area contributed by atoms with E-state index in [0.29, 0.717) is 22.9 Å². The molecule has 6 nitrogen and oxygen atoms in total. The number of anilines is 1. The molecule has 0 aliphatic heterocycles. The van der Waals surface area contributed by atoms with Gasteiger partial charge in [0.2, 0.25) is 0 Å². The maximum Gasteiger partial charge on any atom is 0.256 e. The smallest absolute Gasteiger partial charge is 0.256 e. The van der Waals surface area contributed by atoms with Gasteiger partial charge in [0.05, 0.1) is 14.2 Å². The summed E-state index contributed by atoms with van der Waals surface area (Å²) in [6.45, 7) is 0. The summed E-state index contributed by atoms with van der Waals surface area (Å²) < 4.78 is 10.4. The van der Waals surface area contributed by atoms with Crippen LogP contribution in [0.1, 0.15) is 28.0 Å². The van der Waals surface area contributed by atoms with Crippen LogP contribution < -0.4 is 14.8 Å². The van der Waals surface area contributed by atoms with E-state index in [9.17, 15) is 4.79 Å². The van der Waals surface area contributed by atoms with Gasteiger partial charge in [-0.25, -0.2) is 9.97 Å². The molecule has 2 aromatic rings. The number of aryl methyl sites for hydroxylation is 1. The first-order chi connectivity index (χ1) is 10.7. The van der Waals surface area contributed by atoms with Crippen molar-refractivity contribution in [1.82, 2.24) is 9.97 Å². The number of methoxy groups -OCH3 is 2. The number of nitrogens with one attached hydrogen (secondary N) is 1. The van der Waals surface area contributed by atoms with Crippen molar-refractivity contribution in [3.63, 3.8) is 0 Å². The number of fused-ring (bicyclic) bond motifs is 1. The Labute approximate surface area is 128 Å². The molecule has 1 aromatic heterocycles. The lowest BCUT2D eigenvalue weighted by molar-refractivity contribution is 0.102. The first-order valence-corrected chi connectivity index (χ1v) is 7.09. The Hall–Kier alpha value is -2.63. The second-order valence-corrected chi connectivity index (χ2v) is 5.02. The lowest BCUT2D eigenvalue weighted by atomic mass is 10.1. The van der Waals surface area contributed by atoms with Crippen molar-refractivity contribution in [3.05, 3.63) is 41.3 Å². The van der Waals surface area contributed by atoms with Crippen molar-refractivity contribution in [3.8, 4) is 11.5 Å². The summed E-state index contributed by atoms with van der Waals surface area (Å²) in [4.78, 5) is 20.9. The van der Waals surface area contributed by atoms with Gasteiger partial charge in [-0.2, -0.15) is 0 Å². The monoisotopic (exact) mass is 299 g/mol. The predicted molar refractivity (Wildman–Crippen MR) is 81.6 cm³/mol. The van der Waals surface area contributed by atoms with E-state index < -0.39 is 0 Å². The summed E-state index contributed by atoms with van der Waals surface area (Å²) in [5, 5.41) is 2.86. The van der Waals surface area contributed by atoms with Crippen LogP contribution in [-0.4, -0.2) is 30.1 Å². The van der Waals surface area contributed by atoms with Gasteiger partial charge in [0, 0.05) is 16.8 Å². The molecule has 0 fully saturated rings. The van der Waals surface area contributed by atoms with Gasteiger partial charge in [0.25, 0.3) is 5.91 Å². The first kappa shape index (κ1) is 14.3. The summed E-state index contributed by atoms with van der Waals surface area (Å²) in [6.07, 6.45) is 4.39. The lowest BCUT2D eigenvalue weighted by Crippen LogP contribution is -2.15. The van der Waals surface area contributed by atoms with Crippen molar-refractivity contribution in [2.75, 3.05) is 19.5 Å². The number of rotatable bonds is 4. The topological polar surface area (TPSA) is 73.3 Å². The second kappa shape index (κ2) is 6.01. The quantitative estimate of drug-likeness (QED) is 0.937. The average molecular weight is 299 g/mol. The van der Waals surface area contributed by atoms with Crippen LogP contribution in [0.15, 0.2) is 24.5 Å². The molecule has 1 aliphatic rings. The molecular formula is C16H17N3O3. The number of benzene rings is 1.